The van der Waals surface area contributed by atoms with E-state index in [4.69, 9.17) is 21.1 Å². The molecule has 0 atom stereocenters. The molecule has 0 bridgehead atoms. The zero-order valence-corrected chi connectivity index (χ0v) is 18.5. The van der Waals surface area contributed by atoms with E-state index >= 15 is 0 Å². The minimum Gasteiger partial charge on any atom is -0.493 e. The van der Waals surface area contributed by atoms with E-state index < -0.39 is 0 Å². The van der Waals surface area contributed by atoms with Gasteiger partial charge >= 0.3 is 0 Å². The summed E-state index contributed by atoms with van der Waals surface area (Å²) in [7, 11) is 1.58. The van der Waals surface area contributed by atoms with Crippen LogP contribution in [-0.2, 0) is 6.61 Å². The third-order valence-electron chi connectivity index (χ3n) is 3.67. The number of halogens is 2. The van der Waals surface area contributed by atoms with Gasteiger partial charge in [0.2, 0.25) is 0 Å². The second-order valence-electron chi connectivity index (χ2n) is 5.63. The van der Waals surface area contributed by atoms with Crippen LogP contribution >= 0.6 is 45.5 Å². The molecule has 3 aromatic rings. The number of carbonyl (C=O) groups is 1. The molecule has 28 heavy (non-hydrogen) atoms. The van der Waals surface area contributed by atoms with Gasteiger partial charge in [0.15, 0.2) is 11.5 Å². The van der Waals surface area contributed by atoms with Gasteiger partial charge in [-0.05, 0) is 69.4 Å². The summed E-state index contributed by atoms with van der Waals surface area (Å²) in [6, 6.07) is 14.8. The Morgan fingerprint density at radius 2 is 2.07 bits per heavy atom. The van der Waals surface area contributed by atoms with Gasteiger partial charge in [-0.2, -0.15) is 5.10 Å². The maximum Gasteiger partial charge on any atom is 0.281 e. The Balaban J connectivity index is 1.69. The van der Waals surface area contributed by atoms with Crippen LogP contribution in [0.2, 0.25) is 5.02 Å². The number of amides is 1. The largest absolute Gasteiger partial charge is 0.493 e. The number of hydrogen-bond donors (Lipinski definition) is 1. The predicted molar refractivity (Wildman–Crippen MR) is 121 cm³/mol. The van der Waals surface area contributed by atoms with Gasteiger partial charge in [0.1, 0.15) is 6.61 Å². The summed E-state index contributed by atoms with van der Waals surface area (Å²) >= 11 is 9.45. The first-order valence-electron chi connectivity index (χ1n) is 8.18. The third-order valence-corrected chi connectivity index (χ3v) is 5.59. The molecule has 3 rings (SSSR count). The maximum absolute atomic E-state index is 11.9. The van der Waals surface area contributed by atoms with Gasteiger partial charge in [-0.15, -0.1) is 11.3 Å². The fourth-order valence-electron chi connectivity index (χ4n) is 2.32. The molecule has 0 spiro atoms. The lowest BCUT2D eigenvalue weighted by Crippen LogP contribution is -2.16. The standard InChI is InChI=1S/C20H16ClIN2O3S/c1-26-17-10-14(11-23-24-20(25)18-3-2-8-28-18)9-16(22)19(17)27-12-13-4-6-15(21)7-5-13/h2-11H,12H2,1H3,(H,24,25)/b23-11-. The summed E-state index contributed by atoms with van der Waals surface area (Å²) in [4.78, 5) is 12.5. The third kappa shape index (κ3) is 5.46. The zero-order valence-electron chi connectivity index (χ0n) is 14.8. The number of nitrogens with zero attached hydrogens (tertiary/aromatic N) is 1. The number of hydrazone groups is 1. The molecule has 1 amide bonds. The van der Waals surface area contributed by atoms with Crippen molar-refractivity contribution in [3.05, 3.63) is 78.5 Å². The van der Waals surface area contributed by atoms with Crippen molar-refractivity contribution in [3.63, 3.8) is 0 Å². The highest BCUT2D eigenvalue weighted by atomic mass is 127. The second kappa shape index (κ2) is 9.90. The summed E-state index contributed by atoms with van der Waals surface area (Å²) in [5.41, 5.74) is 4.30. The number of benzene rings is 2. The molecule has 0 saturated heterocycles. The molecule has 1 heterocycles. The second-order valence-corrected chi connectivity index (χ2v) is 8.17. The van der Waals surface area contributed by atoms with Crippen LogP contribution in [0.4, 0.5) is 0 Å². The van der Waals surface area contributed by atoms with Crippen molar-refractivity contribution in [2.45, 2.75) is 6.61 Å². The number of rotatable bonds is 7. The number of thiophene rings is 1. The van der Waals surface area contributed by atoms with Crippen LogP contribution in [0.15, 0.2) is 59.0 Å². The van der Waals surface area contributed by atoms with Crippen molar-refractivity contribution < 1.29 is 14.3 Å². The van der Waals surface area contributed by atoms with Crippen LogP contribution in [0.5, 0.6) is 11.5 Å². The Labute approximate surface area is 185 Å². The summed E-state index contributed by atoms with van der Waals surface area (Å²) in [5.74, 6) is 1.00. The molecule has 1 N–H and O–H groups in total. The van der Waals surface area contributed by atoms with Crippen molar-refractivity contribution in [2.75, 3.05) is 7.11 Å². The number of hydrogen-bond acceptors (Lipinski definition) is 5. The van der Waals surface area contributed by atoms with Crippen molar-refractivity contribution in [1.29, 1.82) is 0 Å². The molecular weight excluding hydrogens is 511 g/mol. The molecule has 5 nitrogen and oxygen atoms in total. The summed E-state index contributed by atoms with van der Waals surface area (Å²) in [6.07, 6.45) is 1.57. The molecule has 0 aliphatic carbocycles. The lowest BCUT2D eigenvalue weighted by Gasteiger charge is -2.13. The molecule has 0 saturated carbocycles. The SMILES string of the molecule is COc1cc(/C=N\NC(=O)c2cccs2)cc(I)c1OCc1ccc(Cl)cc1. The van der Waals surface area contributed by atoms with Crippen LogP contribution in [0.25, 0.3) is 0 Å². The minimum atomic E-state index is -0.240. The molecule has 1 aromatic heterocycles. The average molecular weight is 527 g/mol. The van der Waals surface area contributed by atoms with Gasteiger partial charge in [-0.3, -0.25) is 4.79 Å². The smallest absolute Gasteiger partial charge is 0.281 e. The highest BCUT2D eigenvalue weighted by Crippen LogP contribution is 2.34. The molecule has 0 aliphatic rings. The first-order chi connectivity index (χ1) is 13.6. The van der Waals surface area contributed by atoms with E-state index in [-0.39, 0.29) is 5.91 Å². The molecule has 0 fully saturated rings. The van der Waals surface area contributed by atoms with Gasteiger partial charge in [0, 0.05) is 5.02 Å². The van der Waals surface area contributed by atoms with Crippen LogP contribution in [0, 0.1) is 3.57 Å². The number of carbonyl (C=O) groups excluding carboxylic acids is 1. The Morgan fingerprint density at radius 1 is 1.29 bits per heavy atom. The van der Waals surface area contributed by atoms with Crippen molar-refractivity contribution >= 4 is 57.7 Å². The monoisotopic (exact) mass is 526 g/mol. The highest BCUT2D eigenvalue weighted by molar-refractivity contribution is 14.1. The van der Waals surface area contributed by atoms with Crippen LogP contribution in [0.3, 0.4) is 0 Å². The fourth-order valence-corrected chi connectivity index (χ4v) is 3.84. The number of ether oxygens (including phenoxy) is 2. The van der Waals surface area contributed by atoms with Gasteiger partial charge < -0.3 is 9.47 Å². The van der Waals surface area contributed by atoms with Gasteiger partial charge in [0.05, 0.1) is 21.8 Å². The van der Waals surface area contributed by atoms with E-state index in [9.17, 15) is 4.79 Å². The fraction of sp³-hybridized carbons (Fsp3) is 0.100. The number of nitrogens with one attached hydrogen (secondary N) is 1. The van der Waals surface area contributed by atoms with Crippen molar-refractivity contribution in [2.24, 2.45) is 5.10 Å². The molecule has 0 aliphatic heterocycles. The summed E-state index contributed by atoms with van der Waals surface area (Å²) in [5, 5.41) is 6.54. The topological polar surface area (TPSA) is 59.9 Å². The molecule has 0 radical (unpaired) electrons. The van der Waals surface area contributed by atoms with Crippen LogP contribution in [0.1, 0.15) is 20.8 Å². The highest BCUT2D eigenvalue weighted by Gasteiger charge is 2.12. The Bertz CT molecular complexity index is 976. The Kier molecular flexibility index (Phi) is 7.30. The lowest BCUT2D eigenvalue weighted by molar-refractivity contribution is 0.0959. The molecule has 8 heteroatoms. The Hall–Kier alpha value is -2.10. The average Bonchev–Trinajstić information content (AvgIpc) is 3.23. The predicted octanol–water partition coefficient (Wildman–Crippen LogP) is 5.36. The van der Waals surface area contributed by atoms with Gasteiger partial charge in [-0.1, -0.05) is 29.8 Å². The van der Waals surface area contributed by atoms with Crippen LogP contribution in [-0.4, -0.2) is 19.2 Å². The quantitative estimate of drug-likeness (QED) is 0.256. The van der Waals surface area contributed by atoms with Gasteiger partial charge in [0.25, 0.3) is 5.91 Å². The van der Waals surface area contributed by atoms with Crippen LogP contribution < -0.4 is 14.9 Å². The van der Waals surface area contributed by atoms with E-state index in [0.29, 0.717) is 28.0 Å². The maximum atomic E-state index is 11.9. The molecule has 144 valence electrons. The summed E-state index contributed by atoms with van der Waals surface area (Å²) < 4.78 is 12.3. The first-order valence-corrected chi connectivity index (χ1v) is 10.5. The first kappa shape index (κ1) is 20.6. The van der Waals surface area contributed by atoms with Crippen molar-refractivity contribution in [1.82, 2.24) is 5.43 Å². The van der Waals surface area contributed by atoms with E-state index in [1.54, 1.807) is 25.5 Å². The Morgan fingerprint density at radius 3 is 2.75 bits per heavy atom. The number of methoxy groups -OCH3 is 1. The zero-order chi connectivity index (χ0) is 19.9. The minimum absolute atomic E-state index is 0.240. The van der Waals surface area contributed by atoms with E-state index in [2.05, 4.69) is 33.1 Å². The molecular formula is C20H16ClIN2O3S. The summed E-state index contributed by atoms with van der Waals surface area (Å²) in [6.45, 7) is 0.397. The van der Waals surface area contributed by atoms with E-state index in [1.165, 1.54) is 11.3 Å². The normalized spacial score (nSPS) is 10.8. The van der Waals surface area contributed by atoms with Gasteiger partial charge in [-0.25, -0.2) is 5.43 Å². The van der Waals surface area contributed by atoms with E-state index in [1.807, 2.05) is 41.8 Å². The van der Waals surface area contributed by atoms with E-state index in [0.717, 1.165) is 14.7 Å². The molecule has 2 aromatic carbocycles. The molecule has 0 unspecified atom stereocenters. The van der Waals surface area contributed by atoms with Crippen molar-refractivity contribution in [3.8, 4) is 11.5 Å². The lowest BCUT2D eigenvalue weighted by atomic mass is 10.2.